The average molecular weight is 245 g/mol. The predicted molar refractivity (Wildman–Crippen MR) is 69.8 cm³/mol. The Bertz CT molecular complexity index is 238. The van der Waals surface area contributed by atoms with Crippen molar-refractivity contribution in [3.05, 3.63) is 0 Å². The van der Waals surface area contributed by atoms with Crippen LogP contribution >= 0.6 is 35.7 Å². The summed E-state index contributed by atoms with van der Waals surface area (Å²) >= 11 is 8.56. The van der Waals surface area contributed by atoms with Crippen LogP contribution < -0.4 is 0 Å². The summed E-state index contributed by atoms with van der Waals surface area (Å²) in [4.78, 5) is 0. The maximum Gasteiger partial charge on any atom is 0.105 e. The largest absolute Gasteiger partial charge is 0.197 e. The van der Waals surface area contributed by atoms with Gasteiger partial charge in [-0.05, 0) is 12.8 Å². The third kappa shape index (κ3) is 4.20. The number of hydrogen-bond acceptors (Lipinski definition) is 4. The van der Waals surface area contributed by atoms with Crippen LogP contribution in [-0.2, 0) is 0 Å². The molecule has 0 spiro atoms. The molecule has 1 aliphatic rings. The number of rotatable bonds is 2. The smallest absolute Gasteiger partial charge is 0.105 e. The van der Waals surface area contributed by atoms with Crippen LogP contribution in [0.4, 0.5) is 0 Å². The molecule has 0 atom stereocenters. The Labute approximate surface area is 100 Å². The molecule has 0 heterocycles. The van der Waals surface area contributed by atoms with Gasteiger partial charge in [0.05, 0.1) is 11.8 Å². The number of nitrogens with zero attached hydrogens (tertiary/aromatic N) is 1. The summed E-state index contributed by atoms with van der Waals surface area (Å²) in [6.45, 7) is 2.30. The van der Waals surface area contributed by atoms with E-state index < -0.39 is 0 Å². The highest BCUT2D eigenvalue weighted by molar-refractivity contribution is 8.47. The van der Waals surface area contributed by atoms with Gasteiger partial charge in [0.2, 0.25) is 0 Å². The van der Waals surface area contributed by atoms with Crippen molar-refractivity contribution in [3.63, 3.8) is 0 Å². The van der Waals surface area contributed by atoms with E-state index in [1.807, 2.05) is 0 Å². The van der Waals surface area contributed by atoms with Gasteiger partial charge < -0.3 is 0 Å². The highest BCUT2D eigenvalue weighted by Crippen LogP contribution is 2.42. The van der Waals surface area contributed by atoms with Crippen LogP contribution in [0.2, 0.25) is 0 Å². The number of nitriles is 1. The van der Waals surface area contributed by atoms with Gasteiger partial charge in [-0.25, -0.2) is 0 Å². The van der Waals surface area contributed by atoms with Gasteiger partial charge >= 0.3 is 0 Å². The molecule has 78 valence electrons. The van der Waals surface area contributed by atoms with Crippen LogP contribution in [0.25, 0.3) is 0 Å². The molecule has 0 saturated heterocycles. The lowest BCUT2D eigenvalue weighted by atomic mass is 9.90. The fourth-order valence-electron chi connectivity index (χ4n) is 1.72. The van der Waals surface area contributed by atoms with Gasteiger partial charge in [0, 0.05) is 4.75 Å². The molecular weight excluding hydrogens is 230 g/mol. The molecule has 1 fully saturated rings. The van der Waals surface area contributed by atoms with Gasteiger partial charge in [0.25, 0.3) is 0 Å². The molecule has 1 rings (SSSR count). The van der Waals surface area contributed by atoms with Gasteiger partial charge in [0.15, 0.2) is 0 Å². The molecule has 1 saturated carbocycles. The third-order valence-electron chi connectivity index (χ3n) is 2.50. The molecule has 1 nitrogen and oxygen atoms in total. The first-order valence-electron chi connectivity index (χ1n) is 4.89. The second-order valence-electron chi connectivity index (χ2n) is 3.81. The third-order valence-corrected chi connectivity index (χ3v) is 5.28. The summed E-state index contributed by atoms with van der Waals surface area (Å²) in [6.07, 6.45) is 6.56. The lowest BCUT2D eigenvalue weighted by Gasteiger charge is -2.32. The van der Waals surface area contributed by atoms with E-state index in [0.29, 0.717) is 10.5 Å². The second-order valence-corrected chi connectivity index (χ2v) is 7.58. The molecule has 0 amide bonds. The highest BCUT2D eigenvalue weighted by Gasteiger charge is 2.28. The molecule has 0 aromatic carbocycles. The van der Waals surface area contributed by atoms with E-state index >= 15 is 0 Å². The molecule has 0 N–H and O–H groups in total. The van der Waals surface area contributed by atoms with Gasteiger partial charge in [-0.15, -0.1) is 11.8 Å². The van der Waals surface area contributed by atoms with Gasteiger partial charge in [-0.2, -0.15) is 5.26 Å². The maximum atomic E-state index is 8.45. The highest BCUT2D eigenvalue weighted by atomic mass is 32.2. The lowest BCUT2D eigenvalue weighted by molar-refractivity contribution is 0.423. The minimum atomic E-state index is 0.345. The van der Waals surface area contributed by atoms with Crippen molar-refractivity contribution in [2.75, 3.05) is 5.75 Å². The maximum absolute atomic E-state index is 8.45. The summed E-state index contributed by atoms with van der Waals surface area (Å²) in [5, 5.41) is 8.45. The predicted octanol–water partition coefficient (Wildman–Crippen LogP) is 3.98. The monoisotopic (exact) mass is 245 g/mol. The second kappa shape index (κ2) is 5.99. The molecule has 0 bridgehead atoms. The van der Waals surface area contributed by atoms with Crippen molar-refractivity contribution in [3.8, 4) is 6.07 Å². The van der Waals surface area contributed by atoms with Gasteiger partial charge in [0.1, 0.15) is 3.53 Å². The fraction of sp³-hybridized carbons (Fsp3) is 0.800. The Morgan fingerprint density at radius 3 is 2.64 bits per heavy atom. The normalized spacial score (nSPS) is 20.0. The molecule has 0 unspecified atom stereocenters. The van der Waals surface area contributed by atoms with Crippen LogP contribution in [0.15, 0.2) is 0 Å². The minimum absolute atomic E-state index is 0.345. The minimum Gasteiger partial charge on any atom is -0.197 e. The summed E-state index contributed by atoms with van der Waals surface area (Å²) in [7, 11) is 0. The van der Waals surface area contributed by atoms with Crippen molar-refractivity contribution in [1.82, 2.24) is 0 Å². The van der Waals surface area contributed by atoms with E-state index in [1.165, 1.54) is 43.9 Å². The molecule has 0 radical (unpaired) electrons. The first-order chi connectivity index (χ1) is 6.66. The average Bonchev–Trinajstić information content (AvgIpc) is 2.15. The van der Waals surface area contributed by atoms with Gasteiger partial charge in [-0.3, -0.25) is 0 Å². The molecule has 0 aliphatic heterocycles. The molecule has 4 heteroatoms. The zero-order valence-electron chi connectivity index (χ0n) is 8.41. The Morgan fingerprint density at radius 1 is 1.43 bits per heavy atom. The molecule has 14 heavy (non-hydrogen) atoms. The van der Waals surface area contributed by atoms with E-state index in [2.05, 4.69) is 13.0 Å². The summed E-state index contributed by atoms with van der Waals surface area (Å²) in [5.74, 6) is 0.488. The van der Waals surface area contributed by atoms with Gasteiger partial charge in [-0.1, -0.05) is 50.2 Å². The van der Waals surface area contributed by atoms with Crippen LogP contribution in [-0.4, -0.2) is 14.0 Å². The number of thiocarbonyl (C=S) groups is 1. The first-order valence-corrected chi connectivity index (χ1v) is 7.10. The Kier molecular flexibility index (Phi) is 5.29. The Hall–Kier alpha value is 0.280. The topological polar surface area (TPSA) is 23.8 Å². The Morgan fingerprint density at radius 2 is 2.07 bits per heavy atom. The van der Waals surface area contributed by atoms with Crippen molar-refractivity contribution in [2.45, 2.75) is 43.8 Å². The van der Waals surface area contributed by atoms with Crippen LogP contribution in [0, 0.1) is 11.3 Å². The van der Waals surface area contributed by atoms with E-state index in [0.717, 1.165) is 3.53 Å². The van der Waals surface area contributed by atoms with Crippen molar-refractivity contribution in [2.24, 2.45) is 0 Å². The standard InChI is InChI=1S/C10H15NS3/c1-10(5-3-2-4-6-10)14-9(12)13-8-7-11/h2-6,8H2,1H3. The summed E-state index contributed by atoms with van der Waals surface area (Å²) < 4.78 is 1.29. The number of hydrogen-bond donors (Lipinski definition) is 0. The van der Waals surface area contributed by atoms with Crippen molar-refractivity contribution in [1.29, 1.82) is 5.26 Å². The fourth-order valence-corrected chi connectivity index (χ4v) is 4.60. The summed E-state index contributed by atoms with van der Waals surface area (Å²) in [6, 6.07) is 2.11. The first kappa shape index (κ1) is 12.4. The van der Waals surface area contributed by atoms with Crippen LogP contribution in [0.3, 0.4) is 0 Å². The zero-order valence-corrected chi connectivity index (χ0v) is 10.9. The molecular formula is C10H15NS3. The van der Waals surface area contributed by atoms with E-state index in [-0.39, 0.29) is 0 Å². The molecule has 0 aromatic heterocycles. The lowest BCUT2D eigenvalue weighted by Crippen LogP contribution is -2.24. The SMILES string of the molecule is CC1(SC(=S)SCC#N)CCCCC1. The van der Waals surface area contributed by atoms with Crippen molar-refractivity contribution < 1.29 is 0 Å². The number of thioether (sulfide) groups is 2. The van der Waals surface area contributed by atoms with E-state index in [4.69, 9.17) is 17.5 Å². The van der Waals surface area contributed by atoms with E-state index in [1.54, 1.807) is 11.8 Å². The van der Waals surface area contributed by atoms with E-state index in [9.17, 15) is 0 Å². The molecule has 1 aliphatic carbocycles. The van der Waals surface area contributed by atoms with Crippen molar-refractivity contribution >= 4 is 39.3 Å². The molecule has 0 aromatic rings. The van der Waals surface area contributed by atoms with Crippen LogP contribution in [0.1, 0.15) is 39.0 Å². The summed E-state index contributed by atoms with van der Waals surface area (Å²) in [5.41, 5.74) is 0. The Balaban J connectivity index is 2.34. The quantitative estimate of drug-likeness (QED) is 0.687. The van der Waals surface area contributed by atoms with Crippen LogP contribution in [0.5, 0.6) is 0 Å². The zero-order chi connectivity index (χ0) is 10.4.